The second kappa shape index (κ2) is 5.61. The molecule has 0 radical (unpaired) electrons. The maximum atomic E-state index is 13.7. The van der Waals surface area contributed by atoms with Gasteiger partial charge in [-0.2, -0.15) is 0 Å². The number of sulfone groups is 1. The highest BCUT2D eigenvalue weighted by atomic mass is 32.2. The van der Waals surface area contributed by atoms with Crippen LogP contribution in [0, 0.1) is 5.82 Å². The van der Waals surface area contributed by atoms with E-state index in [2.05, 4.69) is 5.32 Å². The van der Waals surface area contributed by atoms with E-state index in [-0.39, 0.29) is 23.4 Å². The second-order valence-electron chi connectivity index (χ2n) is 5.23. The van der Waals surface area contributed by atoms with Gasteiger partial charge in [-0.25, -0.2) is 12.8 Å². The van der Waals surface area contributed by atoms with Crippen LogP contribution in [0.4, 0.5) is 4.39 Å². The van der Waals surface area contributed by atoms with Gasteiger partial charge in [-0.3, -0.25) is 0 Å². The minimum absolute atomic E-state index is 0.0305. The molecule has 1 N–H and O–H groups in total. The highest BCUT2D eigenvalue weighted by molar-refractivity contribution is 7.91. The lowest BCUT2D eigenvalue weighted by molar-refractivity contribution is 0.462. The van der Waals surface area contributed by atoms with Crippen molar-refractivity contribution in [3.05, 3.63) is 48.0 Å². The molecule has 0 amide bonds. The van der Waals surface area contributed by atoms with Gasteiger partial charge in [0.05, 0.1) is 23.6 Å². The van der Waals surface area contributed by atoms with E-state index in [1.807, 2.05) is 0 Å². The fraction of sp³-hybridized carbons (Fsp3) is 0.333. The summed E-state index contributed by atoms with van der Waals surface area (Å²) in [5.74, 6) is 1.23. The summed E-state index contributed by atoms with van der Waals surface area (Å²) in [6.07, 6.45) is 0.628. The second-order valence-corrected chi connectivity index (χ2v) is 7.46. The molecule has 1 aromatic carbocycles. The van der Waals surface area contributed by atoms with Crippen LogP contribution >= 0.6 is 0 Å². The minimum Gasteiger partial charge on any atom is -0.460 e. The Bertz CT molecular complexity index is 739. The van der Waals surface area contributed by atoms with E-state index in [1.54, 1.807) is 30.3 Å². The fourth-order valence-corrected chi connectivity index (χ4v) is 4.19. The van der Waals surface area contributed by atoms with Crippen LogP contribution in [0.3, 0.4) is 0 Å². The van der Waals surface area contributed by atoms with Crippen molar-refractivity contribution in [2.24, 2.45) is 0 Å². The lowest BCUT2D eigenvalue weighted by Crippen LogP contribution is -2.29. The minimum atomic E-state index is -2.89. The summed E-state index contributed by atoms with van der Waals surface area (Å²) in [5.41, 5.74) is 0.423. The van der Waals surface area contributed by atoms with Crippen LogP contribution in [0.15, 0.2) is 40.8 Å². The number of halogens is 1. The van der Waals surface area contributed by atoms with Gasteiger partial charge in [0.1, 0.15) is 17.3 Å². The zero-order chi connectivity index (χ0) is 14.9. The Morgan fingerprint density at radius 1 is 1.24 bits per heavy atom. The number of hydrogen-bond acceptors (Lipinski definition) is 4. The molecule has 0 saturated carbocycles. The lowest BCUT2D eigenvalue weighted by atomic mass is 10.1. The van der Waals surface area contributed by atoms with Gasteiger partial charge in [0, 0.05) is 6.04 Å². The van der Waals surface area contributed by atoms with Crippen LogP contribution < -0.4 is 5.32 Å². The third-order valence-corrected chi connectivity index (χ3v) is 5.37. The molecule has 21 heavy (non-hydrogen) atoms. The van der Waals surface area contributed by atoms with Crippen LogP contribution in [-0.2, 0) is 16.4 Å². The van der Waals surface area contributed by atoms with Crippen LogP contribution in [0.5, 0.6) is 0 Å². The molecule has 2 heterocycles. The van der Waals surface area contributed by atoms with Gasteiger partial charge in [-0.15, -0.1) is 0 Å². The average molecular weight is 309 g/mol. The summed E-state index contributed by atoms with van der Waals surface area (Å²) >= 11 is 0. The van der Waals surface area contributed by atoms with Crippen molar-refractivity contribution < 1.29 is 17.2 Å². The van der Waals surface area contributed by atoms with E-state index in [0.717, 1.165) is 0 Å². The number of furan rings is 1. The predicted molar refractivity (Wildman–Crippen MR) is 78.0 cm³/mol. The third-order valence-electron chi connectivity index (χ3n) is 3.60. The highest BCUT2D eigenvalue weighted by Crippen LogP contribution is 2.24. The third kappa shape index (κ3) is 3.33. The zero-order valence-electron chi connectivity index (χ0n) is 11.4. The molecule has 1 aliphatic heterocycles. The highest BCUT2D eigenvalue weighted by Gasteiger charge is 2.27. The first kappa shape index (κ1) is 14.3. The SMILES string of the molecule is O=S1(=O)CCC(NCc2ccc(-c3ccccc3F)o2)C1. The van der Waals surface area contributed by atoms with Crippen LogP contribution in [0.25, 0.3) is 11.3 Å². The normalized spacial score (nSPS) is 20.7. The quantitative estimate of drug-likeness (QED) is 0.942. The van der Waals surface area contributed by atoms with Crippen LogP contribution in [0.1, 0.15) is 12.2 Å². The maximum absolute atomic E-state index is 13.7. The smallest absolute Gasteiger partial charge is 0.151 e. The fourth-order valence-electron chi connectivity index (χ4n) is 2.48. The first-order chi connectivity index (χ1) is 10.0. The van der Waals surface area contributed by atoms with Gasteiger partial charge in [-0.05, 0) is 30.7 Å². The van der Waals surface area contributed by atoms with Crippen molar-refractivity contribution >= 4 is 9.84 Å². The first-order valence-corrected chi connectivity index (χ1v) is 8.63. The molecule has 0 aliphatic carbocycles. The van der Waals surface area contributed by atoms with Gasteiger partial charge < -0.3 is 9.73 Å². The molecule has 1 unspecified atom stereocenters. The Balaban J connectivity index is 1.65. The Morgan fingerprint density at radius 3 is 2.76 bits per heavy atom. The van der Waals surface area contributed by atoms with Crippen molar-refractivity contribution in [2.45, 2.75) is 19.0 Å². The molecular weight excluding hydrogens is 293 g/mol. The molecule has 3 rings (SSSR count). The van der Waals surface area contributed by atoms with Crippen molar-refractivity contribution in [2.75, 3.05) is 11.5 Å². The standard InChI is InChI=1S/C15H16FNO3S/c16-14-4-2-1-3-13(14)15-6-5-12(20-15)9-17-11-7-8-21(18,19)10-11/h1-6,11,17H,7-10H2. The molecule has 1 saturated heterocycles. The van der Waals surface area contributed by atoms with E-state index in [4.69, 9.17) is 4.42 Å². The van der Waals surface area contributed by atoms with Gasteiger partial charge in [0.15, 0.2) is 9.84 Å². The summed E-state index contributed by atoms with van der Waals surface area (Å²) in [4.78, 5) is 0. The molecule has 1 aliphatic rings. The van der Waals surface area contributed by atoms with Crippen molar-refractivity contribution in [1.82, 2.24) is 5.32 Å². The van der Waals surface area contributed by atoms with Crippen molar-refractivity contribution in [1.29, 1.82) is 0 Å². The summed E-state index contributed by atoms with van der Waals surface area (Å²) in [6, 6.07) is 9.90. The molecule has 1 aromatic heterocycles. The van der Waals surface area contributed by atoms with E-state index < -0.39 is 9.84 Å². The predicted octanol–water partition coefficient (Wildman–Crippen LogP) is 2.36. The molecule has 2 aromatic rings. The summed E-state index contributed by atoms with van der Waals surface area (Å²) in [6.45, 7) is 0.439. The van der Waals surface area contributed by atoms with Gasteiger partial charge >= 0.3 is 0 Å². The van der Waals surface area contributed by atoms with E-state index in [0.29, 0.717) is 30.0 Å². The molecule has 1 atom stereocenters. The maximum Gasteiger partial charge on any atom is 0.151 e. The van der Waals surface area contributed by atoms with E-state index in [9.17, 15) is 12.8 Å². The average Bonchev–Trinajstić information content (AvgIpc) is 3.03. The molecular formula is C15H16FNO3S. The van der Waals surface area contributed by atoms with Crippen molar-refractivity contribution in [3.8, 4) is 11.3 Å². The monoisotopic (exact) mass is 309 g/mol. The Labute approximate surface area is 122 Å². The number of rotatable bonds is 4. The van der Waals surface area contributed by atoms with E-state index >= 15 is 0 Å². The summed E-state index contributed by atoms with van der Waals surface area (Å²) in [5, 5.41) is 3.17. The number of nitrogens with one attached hydrogen (secondary N) is 1. The molecule has 6 heteroatoms. The summed E-state index contributed by atoms with van der Waals surface area (Å²) < 4.78 is 42.0. The molecule has 0 spiro atoms. The van der Waals surface area contributed by atoms with Gasteiger partial charge in [0.2, 0.25) is 0 Å². The number of hydrogen-bond donors (Lipinski definition) is 1. The topological polar surface area (TPSA) is 59.3 Å². The molecule has 4 nitrogen and oxygen atoms in total. The summed E-state index contributed by atoms with van der Waals surface area (Å²) in [7, 11) is -2.89. The van der Waals surface area contributed by atoms with Gasteiger partial charge in [-0.1, -0.05) is 12.1 Å². The molecule has 1 fully saturated rings. The Kier molecular flexibility index (Phi) is 3.82. The Morgan fingerprint density at radius 2 is 2.05 bits per heavy atom. The van der Waals surface area contributed by atoms with E-state index in [1.165, 1.54) is 6.07 Å². The van der Waals surface area contributed by atoms with Gasteiger partial charge in [0.25, 0.3) is 0 Å². The van der Waals surface area contributed by atoms with Crippen LogP contribution in [-0.4, -0.2) is 26.0 Å². The largest absolute Gasteiger partial charge is 0.460 e. The first-order valence-electron chi connectivity index (χ1n) is 6.81. The number of benzene rings is 1. The lowest BCUT2D eigenvalue weighted by Gasteiger charge is -2.08. The Hall–Kier alpha value is -1.66. The van der Waals surface area contributed by atoms with Crippen molar-refractivity contribution in [3.63, 3.8) is 0 Å². The molecule has 0 bridgehead atoms. The van der Waals surface area contributed by atoms with Crippen LogP contribution in [0.2, 0.25) is 0 Å². The zero-order valence-corrected chi connectivity index (χ0v) is 12.2. The molecule has 112 valence electrons.